The van der Waals surface area contributed by atoms with Crippen LogP contribution in [0.3, 0.4) is 0 Å². The monoisotopic (exact) mass is 246 g/mol. The summed E-state index contributed by atoms with van der Waals surface area (Å²) in [4.78, 5) is 0. The Kier molecular flexibility index (Phi) is 5.69. The van der Waals surface area contributed by atoms with Gasteiger partial charge in [-0.05, 0) is 30.0 Å². The van der Waals surface area contributed by atoms with Gasteiger partial charge in [-0.3, -0.25) is 0 Å². The maximum atomic E-state index is 5.65. The zero-order valence-corrected chi connectivity index (χ0v) is 11.3. The molecule has 0 spiro atoms. The molecule has 18 heavy (non-hydrogen) atoms. The number of rotatable bonds is 6. The number of hydrogen-bond acceptors (Lipinski definition) is 2. The average molecular weight is 246 g/mol. The predicted molar refractivity (Wildman–Crippen MR) is 77.2 cm³/mol. The summed E-state index contributed by atoms with van der Waals surface area (Å²) < 4.78 is 0. The second-order valence-electron chi connectivity index (χ2n) is 5.49. The van der Waals surface area contributed by atoms with Gasteiger partial charge in [0.1, 0.15) is 0 Å². The van der Waals surface area contributed by atoms with Crippen LogP contribution in [0.25, 0.3) is 0 Å². The Balaban J connectivity index is 1.65. The van der Waals surface area contributed by atoms with Crippen molar-refractivity contribution in [2.45, 2.75) is 51.6 Å². The van der Waals surface area contributed by atoms with Gasteiger partial charge in [-0.2, -0.15) is 0 Å². The number of benzene rings is 1. The summed E-state index contributed by atoms with van der Waals surface area (Å²) in [6.07, 6.45) is 8.59. The topological polar surface area (TPSA) is 38.0 Å². The largest absolute Gasteiger partial charge is 0.326 e. The van der Waals surface area contributed by atoms with E-state index < -0.39 is 0 Å². The molecule has 0 aromatic heterocycles. The molecule has 2 heteroatoms. The molecule has 100 valence electrons. The van der Waals surface area contributed by atoms with Crippen LogP contribution in [0.2, 0.25) is 0 Å². The molecule has 1 fully saturated rings. The summed E-state index contributed by atoms with van der Waals surface area (Å²) in [5, 5.41) is 3.56. The van der Waals surface area contributed by atoms with Crippen LogP contribution in [0.5, 0.6) is 0 Å². The fraction of sp³-hybridized carbons (Fsp3) is 0.625. The SMILES string of the molecule is NCc1cccc(CNCCC2CCCCC2)c1. The van der Waals surface area contributed by atoms with Gasteiger partial charge in [-0.15, -0.1) is 0 Å². The van der Waals surface area contributed by atoms with Crippen molar-refractivity contribution in [2.75, 3.05) is 6.54 Å². The van der Waals surface area contributed by atoms with E-state index in [1.807, 2.05) is 0 Å². The lowest BCUT2D eigenvalue weighted by Crippen LogP contribution is -2.19. The lowest BCUT2D eigenvalue weighted by molar-refractivity contribution is 0.334. The number of nitrogens with one attached hydrogen (secondary N) is 1. The molecule has 3 N–H and O–H groups in total. The van der Waals surface area contributed by atoms with Gasteiger partial charge in [0.05, 0.1) is 0 Å². The van der Waals surface area contributed by atoms with Gasteiger partial charge in [-0.1, -0.05) is 56.4 Å². The Morgan fingerprint density at radius 2 is 1.89 bits per heavy atom. The molecule has 0 aliphatic heterocycles. The quantitative estimate of drug-likeness (QED) is 0.756. The van der Waals surface area contributed by atoms with Gasteiger partial charge in [-0.25, -0.2) is 0 Å². The Morgan fingerprint density at radius 1 is 1.11 bits per heavy atom. The van der Waals surface area contributed by atoms with Crippen LogP contribution in [-0.2, 0) is 13.1 Å². The van der Waals surface area contributed by atoms with Crippen molar-refractivity contribution in [1.82, 2.24) is 5.32 Å². The molecule has 0 amide bonds. The van der Waals surface area contributed by atoms with E-state index in [0.717, 1.165) is 19.0 Å². The van der Waals surface area contributed by atoms with E-state index in [0.29, 0.717) is 6.54 Å². The molecule has 0 saturated heterocycles. The Labute approximate surface area is 111 Å². The molecule has 1 aliphatic rings. The van der Waals surface area contributed by atoms with Crippen molar-refractivity contribution in [2.24, 2.45) is 11.7 Å². The fourth-order valence-electron chi connectivity index (χ4n) is 2.88. The van der Waals surface area contributed by atoms with Crippen molar-refractivity contribution in [3.8, 4) is 0 Å². The number of hydrogen-bond donors (Lipinski definition) is 2. The van der Waals surface area contributed by atoms with E-state index in [2.05, 4.69) is 29.6 Å². The first-order chi connectivity index (χ1) is 8.88. The third-order valence-electron chi connectivity index (χ3n) is 4.01. The van der Waals surface area contributed by atoms with E-state index in [-0.39, 0.29) is 0 Å². The summed E-state index contributed by atoms with van der Waals surface area (Å²) in [6, 6.07) is 8.56. The summed E-state index contributed by atoms with van der Waals surface area (Å²) >= 11 is 0. The van der Waals surface area contributed by atoms with Crippen molar-refractivity contribution in [1.29, 1.82) is 0 Å². The van der Waals surface area contributed by atoms with E-state index in [9.17, 15) is 0 Å². The lowest BCUT2D eigenvalue weighted by Gasteiger charge is -2.21. The van der Waals surface area contributed by atoms with Gasteiger partial charge in [0.15, 0.2) is 0 Å². The molecule has 1 aromatic carbocycles. The molecular formula is C16H26N2. The van der Waals surface area contributed by atoms with Gasteiger partial charge in [0, 0.05) is 13.1 Å². The first-order valence-electron chi connectivity index (χ1n) is 7.37. The molecule has 1 saturated carbocycles. The average Bonchev–Trinajstić information content (AvgIpc) is 2.45. The molecule has 0 radical (unpaired) electrons. The van der Waals surface area contributed by atoms with Crippen molar-refractivity contribution in [3.05, 3.63) is 35.4 Å². The molecule has 1 aliphatic carbocycles. The third kappa shape index (κ3) is 4.43. The van der Waals surface area contributed by atoms with Gasteiger partial charge >= 0.3 is 0 Å². The molecule has 0 unspecified atom stereocenters. The lowest BCUT2D eigenvalue weighted by atomic mass is 9.87. The highest BCUT2D eigenvalue weighted by molar-refractivity contribution is 5.23. The summed E-state index contributed by atoms with van der Waals surface area (Å²) in [5.41, 5.74) is 8.22. The predicted octanol–water partition coefficient (Wildman–Crippen LogP) is 3.21. The highest BCUT2D eigenvalue weighted by Crippen LogP contribution is 2.25. The van der Waals surface area contributed by atoms with E-state index in [1.54, 1.807) is 0 Å². The van der Waals surface area contributed by atoms with Crippen molar-refractivity contribution in [3.63, 3.8) is 0 Å². The normalized spacial score (nSPS) is 16.9. The van der Waals surface area contributed by atoms with Crippen LogP contribution in [-0.4, -0.2) is 6.54 Å². The van der Waals surface area contributed by atoms with Crippen LogP contribution in [0.15, 0.2) is 24.3 Å². The van der Waals surface area contributed by atoms with E-state index >= 15 is 0 Å². The zero-order chi connectivity index (χ0) is 12.6. The molecular weight excluding hydrogens is 220 g/mol. The second kappa shape index (κ2) is 7.55. The molecule has 0 atom stereocenters. The molecule has 0 heterocycles. The van der Waals surface area contributed by atoms with Gasteiger partial charge in [0.2, 0.25) is 0 Å². The van der Waals surface area contributed by atoms with Crippen LogP contribution < -0.4 is 11.1 Å². The second-order valence-corrected chi connectivity index (χ2v) is 5.49. The minimum Gasteiger partial charge on any atom is -0.326 e. The third-order valence-corrected chi connectivity index (χ3v) is 4.01. The smallest absolute Gasteiger partial charge is 0.0205 e. The van der Waals surface area contributed by atoms with E-state index in [4.69, 9.17) is 5.73 Å². The zero-order valence-electron chi connectivity index (χ0n) is 11.3. The Morgan fingerprint density at radius 3 is 2.67 bits per heavy atom. The minimum absolute atomic E-state index is 0.635. The summed E-state index contributed by atoms with van der Waals surface area (Å²) in [6.45, 7) is 2.76. The van der Waals surface area contributed by atoms with Gasteiger partial charge in [0.25, 0.3) is 0 Å². The molecule has 1 aromatic rings. The van der Waals surface area contributed by atoms with E-state index in [1.165, 1.54) is 49.7 Å². The molecule has 0 bridgehead atoms. The van der Waals surface area contributed by atoms with Crippen LogP contribution in [0.4, 0.5) is 0 Å². The minimum atomic E-state index is 0.635. The highest BCUT2D eigenvalue weighted by atomic mass is 14.8. The summed E-state index contributed by atoms with van der Waals surface area (Å²) in [5.74, 6) is 0.974. The Hall–Kier alpha value is -0.860. The maximum absolute atomic E-state index is 5.65. The first-order valence-corrected chi connectivity index (χ1v) is 7.37. The van der Waals surface area contributed by atoms with Crippen LogP contribution in [0, 0.1) is 5.92 Å². The molecule has 2 nitrogen and oxygen atoms in total. The maximum Gasteiger partial charge on any atom is 0.0205 e. The first kappa shape index (κ1) is 13.6. The standard InChI is InChI=1S/C16H26N2/c17-12-15-7-4-8-16(11-15)13-18-10-9-14-5-2-1-3-6-14/h4,7-8,11,14,18H,1-3,5-6,9-10,12-13,17H2. The molecule has 2 rings (SSSR count). The van der Waals surface area contributed by atoms with Crippen molar-refractivity contribution >= 4 is 0 Å². The highest BCUT2D eigenvalue weighted by Gasteiger charge is 2.12. The van der Waals surface area contributed by atoms with Crippen molar-refractivity contribution < 1.29 is 0 Å². The summed E-state index contributed by atoms with van der Waals surface area (Å²) in [7, 11) is 0. The van der Waals surface area contributed by atoms with Gasteiger partial charge < -0.3 is 11.1 Å². The number of nitrogens with two attached hydrogens (primary N) is 1. The van der Waals surface area contributed by atoms with Crippen LogP contribution in [0.1, 0.15) is 49.7 Å². The Bertz CT molecular complexity index is 343. The van der Waals surface area contributed by atoms with Crippen LogP contribution >= 0.6 is 0 Å². The fourth-order valence-corrected chi connectivity index (χ4v) is 2.88.